The van der Waals surface area contributed by atoms with E-state index in [1.807, 2.05) is 6.20 Å². The number of fused-ring (bicyclic) bond motifs is 1. The molecule has 0 bridgehead atoms. The molecular formula is C10H12N2S. The van der Waals surface area contributed by atoms with E-state index in [1.165, 1.54) is 36.3 Å². The molecular weight excluding hydrogens is 180 g/mol. The molecule has 1 aliphatic rings. The summed E-state index contributed by atoms with van der Waals surface area (Å²) in [4.78, 5) is 5.79. The van der Waals surface area contributed by atoms with E-state index in [4.69, 9.17) is 0 Å². The van der Waals surface area contributed by atoms with Crippen molar-refractivity contribution in [3.63, 3.8) is 0 Å². The van der Waals surface area contributed by atoms with Crippen LogP contribution < -0.4 is 0 Å². The third-order valence-electron chi connectivity index (χ3n) is 2.91. The van der Waals surface area contributed by atoms with Crippen LogP contribution in [0.3, 0.4) is 0 Å². The first-order chi connectivity index (χ1) is 6.45. The predicted octanol–water partition coefficient (Wildman–Crippen LogP) is 3.05. The Morgan fingerprint density at radius 3 is 3.08 bits per heavy atom. The van der Waals surface area contributed by atoms with Gasteiger partial charge in [-0.2, -0.15) is 0 Å². The van der Waals surface area contributed by atoms with Crippen LogP contribution in [0.15, 0.2) is 17.8 Å². The molecule has 0 N–H and O–H groups in total. The predicted molar refractivity (Wildman–Crippen MR) is 54.3 cm³/mol. The Labute approximate surface area is 81.2 Å². The molecule has 2 heterocycles. The van der Waals surface area contributed by atoms with Gasteiger partial charge >= 0.3 is 0 Å². The van der Waals surface area contributed by atoms with Crippen LogP contribution >= 0.6 is 11.3 Å². The molecule has 3 heteroatoms. The quantitative estimate of drug-likeness (QED) is 0.678. The minimum atomic E-state index is 0.720. The highest BCUT2D eigenvalue weighted by molar-refractivity contribution is 7.15. The largest absolute Gasteiger partial charge is 0.294 e. The second kappa shape index (κ2) is 2.84. The van der Waals surface area contributed by atoms with E-state index in [-0.39, 0.29) is 0 Å². The summed E-state index contributed by atoms with van der Waals surface area (Å²) in [6.07, 6.45) is 9.55. The molecule has 0 radical (unpaired) electrons. The molecule has 0 aliphatic heterocycles. The van der Waals surface area contributed by atoms with E-state index in [0.29, 0.717) is 0 Å². The van der Waals surface area contributed by atoms with Crippen molar-refractivity contribution in [2.24, 2.45) is 0 Å². The monoisotopic (exact) mass is 192 g/mol. The van der Waals surface area contributed by atoms with Crippen molar-refractivity contribution in [2.75, 3.05) is 0 Å². The van der Waals surface area contributed by atoms with Gasteiger partial charge < -0.3 is 0 Å². The molecule has 13 heavy (non-hydrogen) atoms. The van der Waals surface area contributed by atoms with Crippen molar-refractivity contribution in [3.8, 4) is 0 Å². The van der Waals surface area contributed by atoms with E-state index < -0.39 is 0 Å². The minimum absolute atomic E-state index is 0.720. The second-order valence-corrected chi connectivity index (χ2v) is 4.64. The number of rotatable bonds is 1. The van der Waals surface area contributed by atoms with Crippen molar-refractivity contribution in [1.82, 2.24) is 9.38 Å². The molecule has 2 aromatic heterocycles. The summed E-state index contributed by atoms with van der Waals surface area (Å²) in [5.74, 6) is 2.01. The van der Waals surface area contributed by atoms with E-state index in [2.05, 4.69) is 21.0 Å². The molecule has 0 spiro atoms. The zero-order chi connectivity index (χ0) is 8.67. The van der Waals surface area contributed by atoms with Gasteiger partial charge in [-0.1, -0.05) is 12.8 Å². The summed E-state index contributed by atoms with van der Waals surface area (Å²) in [5, 5.41) is 2.13. The Balaban J connectivity index is 2.09. The molecule has 0 saturated heterocycles. The summed E-state index contributed by atoms with van der Waals surface area (Å²) in [6.45, 7) is 0. The van der Waals surface area contributed by atoms with Gasteiger partial charge in [-0.15, -0.1) is 11.3 Å². The fraction of sp³-hybridized carbons (Fsp3) is 0.500. The van der Waals surface area contributed by atoms with Gasteiger partial charge in [0.05, 0.1) is 6.20 Å². The number of nitrogens with zero attached hydrogens (tertiary/aromatic N) is 2. The molecule has 0 amide bonds. The topological polar surface area (TPSA) is 17.3 Å². The highest BCUT2D eigenvalue weighted by Gasteiger charge is 2.21. The lowest BCUT2D eigenvalue weighted by Gasteiger charge is -2.05. The molecule has 0 aromatic carbocycles. The maximum Gasteiger partial charge on any atom is 0.119 e. The molecule has 1 aliphatic carbocycles. The molecule has 1 saturated carbocycles. The maximum absolute atomic E-state index is 4.51. The van der Waals surface area contributed by atoms with Crippen LogP contribution in [0, 0.1) is 0 Å². The number of hydrogen-bond donors (Lipinski definition) is 0. The lowest BCUT2D eigenvalue weighted by atomic mass is 10.1. The van der Waals surface area contributed by atoms with Gasteiger partial charge in [0.15, 0.2) is 0 Å². The van der Waals surface area contributed by atoms with E-state index in [1.54, 1.807) is 11.3 Å². The first-order valence-corrected chi connectivity index (χ1v) is 5.73. The summed E-state index contributed by atoms with van der Waals surface area (Å²) >= 11 is 1.77. The molecule has 2 aromatic rings. The third kappa shape index (κ3) is 1.10. The lowest BCUT2D eigenvalue weighted by Crippen LogP contribution is -1.98. The van der Waals surface area contributed by atoms with Gasteiger partial charge in [-0.3, -0.25) is 4.40 Å². The SMILES string of the molecule is c1cn2c(C3CCCC3)ncc2s1. The van der Waals surface area contributed by atoms with Crippen LogP contribution in [0.25, 0.3) is 4.83 Å². The molecule has 2 nitrogen and oxygen atoms in total. The normalized spacial score (nSPS) is 18.8. The van der Waals surface area contributed by atoms with Crippen molar-refractivity contribution in [3.05, 3.63) is 23.6 Å². The van der Waals surface area contributed by atoms with Crippen LogP contribution in [0.2, 0.25) is 0 Å². The van der Waals surface area contributed by atoms with E-state index in [9.17, 15) is 0 Å². The number of imidazole rings is 1. The van der Waals surface area contributed by atoms with Crippen molar-refractivity contribution < 1.29 is 0 Å². The molecule has 68 valence electrons. The van der Waals surface area contributed by atoms with E-state index in [0.717, 1.165) is 5.92 Å². The van der Waals surface area contributed by atoms with E-state index >= 15 is 0 Å². The maximum atomic E-state index is 4.51. The third-order valence-corrected chi connectivity index (χ3v) is 3.71. The summed E-state index contributed by atoms with van der Waals surface area (Å²) in [5.41, 5.74) is 0. The number of aromatic nitrogens is 2. The smallest absolute Gasteiger partial charge is 0.119 e. The van der Waals surface area contributed by atoms with Gasteiger partial charge in [-0.05, 0) is 12.8 Å². The highest BCUT2D eigenvalue weighted by atomic mass is 32.1. The second-order valence-electron chi connectivity index (χ2n) is 3.71. The standard InChI is InChI=1S/C10H12N2S/c1-2-4-8(3-1)10-11-7-9-12(10)5-6-13-9/h5-8H,1-4H2. The molecule has 0 unspecified atom stereocenters. The lowest BCUT2D eigenvalue weighted by molar-refractivity contribution is 0.666. The van der Waals surface area contributed by atoms with Crippen LogP contribution in [0.5, 0.6) is 0 Å². The Morgan fingerprint density at radius 1 is 1.38 bits per heavy atom. The first-order valence-electron chi connectivity index (χ1n) is 4.85. The van der Waals surface area contributed by atoms with Crippen LogP contribution in [-0.2, 0) is 0 Å². The van der Waals surface area contributed by atoms with Gasteiger partial charge in [-0.25, -0.2) is 4.98 Å². The van der Waals surface area contributed by atoms with Crippen LogP contribution in [0.1, 0.15) is 37.4 Å². The zero-order valence-electron chi connectivity index (χ0n) is 7.44. The number of thiazole rings is 1. The Kier molecular flexibility index (Phi) is 1.65. The van der Waals surface area contributed by atoms with Crippen molar-refractivity contribution in [1.29, 1.82) is 0 Å². The molecule has 1 fully saturated rings. The van der Waals surface area contributed by atoms with Gasteiger partial charge in [0.25, 0.3) is 0 Å². The van der Waals surface area contributed by atoms with Crippen molar-refractivity contribution >= 4 is 16.2 Å². The summed E-state index contributed by atoms with van der Waals surface area (Å²) in [7, 11) is 0. The van der Waals surface area contributed by atoms with Gasteiger partial charge in [0.2, 0.25) is 0 Å². The van der Waals surface area contributed by atoms with Crippen molar-refractivity contribution in [2.45, 2.75) is 31.6 Å². The van der Waals surface area contributed by atoms with Gasteiger partial charge in [0.1, 0.15) is 10.7 Å². The Bertz CT molecular complexity index is 409. The highest BCUT2D eigenvalue weighted by Crippen LogP contribution is 2.34. The molecule has 0 atom stereocenters. The average Bonchev–Trinajstić information content (AvgIpc) is 2.79. The fourth-order valence-electron chi connectivity index (χ4n) is 2.24. The summed E-state index contributed by atoms with van der Waals surface area (Å²) in [6, 6.07) is 0. The van der Waals surface area contributed by atoms with Crippen LogP contribution in [-0.4, -0.2) is 9.38 Å². The Hall–Kier alpha value is -0.830. The minimum Gasteiger partial charge on any atom is -0.294 e. The molecule has 3 rings (SSSR count). The average molecular weight is 192 g/mol. The first kappa shape index (κ1) is 7.56. The van der Waals surface area contributed by atoms with Crippen LogP contribution in [0.4, 0.5) is 0 Å². The summed E-state index contributed by atoms with van der Waals surface area (Å²) < 4.78 is 2.25. The fourth-order valence-corrected chi connectivity index (χ4v) is 2.95. The number of hydrogen-bond acceptors (Lipinski definition) is 2. The zero-order valence-corrected chi connectivity index (χ0v) is 8.26. The van der Waals surface area contributed by atoms with Gasteiger partial charge in [0, 0.05) is 17.5 Å². The Morgan fingerprint density at radius 2 is 2.23 bits per heavy atom.